The zero-order valence-corrected chi connectivity index (χ0v) is 8.68. The Balaban J connectivity index is 2.03. The van der Waals surface area contributed by atoms with Gasteiger partial charge in [0.1, 0.15) is 0 Å². The predicted molar refractivity (Wildman–Crippen MR) is 55.2 cm³/mol. The number of carbonyl (C=O) groups excluding carboxylic acids is 1. The molecule has 3 N–H and O–H groups in total. The van der Waals surface area contributed by atoms with Crippen molar-refractivity contribution >= 4 is 11.7 Å². The first-order chi connectivity index (χ1) is 7.15. The molecule has 1 heterocycles. The van der Waals surface area contributed by atoms with Crippen molar-refractivity contribution in [2.24, 2.45) is 5.73 Å². The Morgan fingerprint density at radius 1 is 1.67 bits per heavy atom. The highest BCUT2D eigenvalue weighted by atomic mass is 16.1. The van der Waals surface area contributed by atoms with E-state index in [9.17, 15) is 4.79 Å². The number of carbonyl (C=O) groups is 1. The molecule has 15 heavy (non-hydrogen) atoms. The third kappa shape index (κ3) is 2.33. The number of hydrogen-bond acceptors (Lipinski definition) is 4. The monoisotopic (exact) mass is 209 g/mol. The van der Waals surface area contributed by atoms with Gasteiger partial charge in [-0.3, -0.25) is 4.79 Å². The number of amides is 1. The molecule has 0 aliphatic heterocycles. The lowest BCUT2D eigenvalue weighted by atomic mass is 10.2. The maximum Gasteiger partial charge on any atom is 0.222 e. The van der Waals surface area contributed by atoms with E-state index < -0.39 is 0 Å². The van der Waals surface area contributed by atoms with E-state index in [0.717, 1.165) is 19.3 Å². The molecule has 0 bridgehead atoms. The van der Waals surface area contributed by atoms with Crippen LogP contribution in [-0.2, 0) is 4.79 Å². The molecule has 1 aromatic heterocycles. The summed E-state index contributed by atoms with van der Waals surface area (Å²) in [6, 6.07) is 0.596. The number of hydrogen-bond donors (Lipinski definition) is 2. The summed E-state index contributed by atoms with van der Waals surface area (Å²) in [5, 5.41) is 10.4. The van der Waals surface area contributed by atoms with Crippen LogP contribution in [0.5, 0.6) is 0 Å². The highest BCUT2D eigenvalue weighted by Crippen LogP contribution is 2.28. The zero-order chi connectivity index (χ0) is 10.8. The van der Waals surface area contributed by atoms with Crippen molar-refractivity contribution in [2.45, 2.75) is 38.3 Å². The molecule has 6 nitrogen and oxygen atoms in total. The summed E-state index contributed by atoms with van der Waals surface area (Å²) in [4.78, 5) is 10.8. The fraction of sp³-hybridized carbons (Fsp3) is 0.667. The van der Waals surface area contributed by atoms with Crippen LogP contribution in [0.15, 0.2) is 6.20 Å². The lowest BCUT2D eigenvalue weighted by Crippen LogP contribution is -2.16. The Bertz CT molecular complexity index is 361. The summed E-state index contributed by atoms with van der Waals surface area (Å²) in [6.07, 6.45) is 4.75. The van der Waals surface area contributed by atoms with Crippen LogP contribution in [0, 0.1) is 0 Å². The van der Waals surface area contributed by atoms with Gasteiger partial charge in [0.15, 0.2) is 5.82 Å². The quantitative estimate of drug-likeness (QED) is 0.733. The molecule has 0 aromatic carbocycles. The van der Waals surface area contributed by atoms with Gasteiger partial charge in [-0.15, -0.1) is 5.10 Å². The largest absolute Gasteiger partial charge is 0.328 e. The molecule has 1 aliphatic rings. The van der Waals surface area contributed by atoms with Crippen molar-refractivity contribution in [1.29, 1.82) is 0 Å². The molecule has 1 aliphatic carbocycles. The van der Waals surface area contributed by atoms with Crippen molar-refractivity contribution in [3.63, 3.8) is 0 Å². The van der Waals surface area contributed by atoms with Crippen LogP contribution in [0.25, 0.3) is 0 Å². The van der Waals surface area contributed by atoms with E-state index in [1.165, 1.54) is 6.92 Å². The van der Waals surface area contributed by atoms with E-state index in [4.69, 9.17) is 5.73 Å². The molecule has 1 amide bonds. The maximum atomic E-state index is 10.8. The van der Waals surface area contributed by atoms with Gasteiger partial charge in [-0.2, -0.15) is 0 Å². The summed E-state index contributed by atoms with van der Waals surface area (Å²) in [6.45, 7) is 1.45. The van der Waals surface area contributed by atoms with Crippen LogP contribution >= 0.6 is 0 Å². The van der Waals surface area contributed by atoms with Crippen LogP contribution in [0.1, 0.15) is 32.2 Å². The molecular weight excluding hydrogens is 194 g/mol. The molecule has 0 radical (unpaired) electrons. The number of nitrogens with zero attached hydrogens (tertiary/aromatic N) is 3. The number of anilines is 1. The fourth-order valence-electron chi connectivity index (χ4n) is 1.92. The second-order valence-corrected chi connectivity index (χ2v) is 3.99. The van der Waals surface area contributed by atoms with Crippen molar-refractivity contribution in [3.05, 3.63) is 6.20 Å². The number of aromatic nitrogens is 3. The van der Waals surface area contributed by atoms with Gasteiger partial charge >= 0.3 is 0 Å². The van der Waals surface area contributed by atoms with Gasteiger partial charge in [-0.25, -0.2) is 4.68 Å². The topological polar surface area (TPSA) is 85.8 Å². The van der Waals surface area contributed by atoms with Gasteiger partial charge in [-0.05, 0) is 19.3 Å². The standard InChI is InChI=1S/C9H15N5O/c1-6(15)11-9-5-14(13-12-9)8-3-2-7(10)4-8/h5,7-8H,2-4,10H2,1H3,(H,11,15). The first-order valence-corrected chi connectivity index (χ1v) is 5.10. The SMILES string of the molecule is CC(=O)Nc1cn(C2CCC(N)C2)nn1. The van der Waals surface area contributed by atoms with E-state index in [2.05, 4.69) is 15.6 Å². The molecule has 2 unspecified atom stereocenters. The summed E-state index contributed by atoms with van der Waals surface area (Å²) >= 11 is 0. The van der Waals surface area contributed by atoms with Crippen LogP contribution in [0.4, 0.5) is 5.82 Å². The second-order valence-electron chi connectivity index (χ2n) is 3.99. The fourth-order valence-corrected chi connectivity index (χ4v) is 1.92. The van der Waals surface area contributed by atoms with E-state index in [1.807, 2.05) is 0 Å². The van der Waals surface area contributed by atoms with Crippen molar-refractivity contribution < 1.29 is 4.79 Å². The lowest BCUT2D eigenvalue weighted by molar-refractivity contribution is -0.114. The van der Waals surface area contributed by atoms with Crippen LogP contribution < -0.4 is 11.1 Å². The molecule has 2 atom stereocenters. The van der Waals surface area contributed by atoms with Gasteiger partial charge in [-0.1, -0.05) is 5.21 Å². The minimum Gasteiger partial charge on any atom is -0.328 e. The number of nitrogens with one attached hydrogen (secondary N) is 1. The van der Waals surface area contributed by atoms with E-state index >= 15 is 0 Å². The highest BCUT2D eigenvalue weighted by Gasteiger charge is 2.24. The molecule has 2 rings (SSSR count). The zero-order valence-electron chi connectivity index (χ0n) is 8.68. The molecular formula is C9H15N5O. The minimum absolute atomic E-state index is 0.134. The molecule has 0 spiro atoms. The summed E-state index contributed by atoms with van der Waals surface area (Å²) in [7, 11) is 0. The van der Waals surface area contributed by atoms with Gasteiger partial charge in [0, 0.05) is 13.0 Å². The lowest BCUT2D eigenvalue weighted by Gasteiger charge is -2.07. The maximum absolute atomic E-state index is 10.8. The summed E-state index contributed by atoms with van der Waals surface area (Å²) in [5.41, 5.74) is 5.82. The Hall–Kier alpha value is -1.43. The Kier molecular flexibility index (Phi) is 2.68. The second kappa shape index (κ2) is 3.98. The first kappa shape index (κ1) is 10.1. The number of rotatable bonds is 2. The molecule has 1 fully saturated rings. The van der Waals surface area contributed by atoms with Gasteiger partial charge in [0.2, 0.25) is 5.91 Å². The third-order valence-corrected chi connectivity index (χ3v) is 2.63. The van der Waals surface area contributed by atoms with Gasteiger partial charge in [0.25, 0.3) is 0 Å². The highest BCUT2D eigenvalue weighted by molar-refractivity contribution is 5.87. The van der Waals surface area contributed by atoms with E-state index in [-0.39, 0.29) is 11.9 Å². The Morgan fingerprint density at radius 2 is 2.47 bits per heavy atom. The van der Waals surface area contributed by atoms with E-state index in [0.29, 0.717) is 11.9 Å². The minimum atomic E-state index is -0.134. The van der Waals surface area contributed by atoms with Crippen molar-refractivity contribution in [1.82, 2.24) is 15.0 Å². The smallest absolute Gasteiger partial charge is 0.222 e. The predicted octanol–water partition coefficient (Wildman–Crippen LogP) is 0.289. The van der Waals surface area contributed by atoms with Crippen molar-refractivity contribution in [2.75, 3.05) is 5.32 Å². The van der Waals surface area contributed by atoms with Crippen molar-refractivity contribution in [3.8, 4) is 0 Å². The number of nitrogens with two attached hydrogens (primary N) is 1. The average Bonchev–Trinajstić information content (AvgIpc) is 2.72. The third-order valence-electron chi connectivity index (χ3n) is 2.63. The molecule has 1 saturated carbocycles. The summed E-state index contributed by atoms with van der Waals surface area (Å²) < 4.78 is 1.79. The van der Waals surface area contributed by atoms with Crippen LogP contribution in [0.2, 0.25) is 0 Å². The van der Waals surface area contributed by atoms with Gasteiger partial charge < -0.3 is 11.1 Å². The summed E-state index contributed by atoms with van der Waals surface area (Å²) in [5.74, 6) is 0.369. The molecule has 82 valence electrons. The van der Waals surface area contributed by atoms with Crippen LogP contribution in [0.3, 0.4) is 0 Å². The first-order valence-electron chi connectivity index (χ1n) is 5.10. The molecule has 6 heteroatoms. The molecule has 1 aromatic rings. The Labute approximate surface area is 87.8 Å². The Morgan fingerprint density at radius 3 is 3.07 bits per heavy atom. The van der Waals surface area contributed by atoms with Crippen LogP contribution in [-0.4, -0.2) is 26.9 Å². The van der Waals surface area contributed by atoms with Gasteiger partial charge in [0.05, 0.1) is 12.2 Å². The normalized spacial score (nSPS) is 25.5. The molecule has 0 saturated heterocycles. The average molecular weight is 209 g/mol. The van der Waals surface area contributed by atoms with E-state index in [1.54, 1.807) is 10.9 Å².